The third-order valence-corrected chi connectivity index (χ3v) is 3.85. The van der Waals surface area contributed by atoms with E-state index < -0.39 is 28.8 Å². The molecule has 0 saturated carbocycles. The first-order chi connectivity index (χ1) is 11.4. The lowest BCUT2D eigenvalue weighted by molar-refractivity contribution is -0.384. The number of hydrogen-bond donors (Lipinski definition) is 1. The second-order valence-corrected chi connectivity index (χ2v) is 5.40. The van der Waals surface area contributed by atoms with Gasteiger partial charge in [-0.3, -0.25) is 19.7 Å². The van der Waals surface area contributed by atoms with Gasteiger partial charge in [-0.15, -0.1) is 0 Å². The number of nitrogens with zero attached hydrogens (tertiary/aromatic N) is 3. The Hall–Kier alpha value is -3.23. The summed E-state index contributed by atoms with van der Waals surface area (Å²) < 4.78 is 6.22. The van der Waals surface area contributed by atoms with Crippen molar-refractivity contribution < 1.29 is 19.2 Å². The Bertz CT molecular complexity index is 844. The fourth-order valence-electron chi connectivity index (χ4n) is 2.83. The molecule has 2 aromatic rings. The minimum Gasteiger partial charge on any atom is -0.468 e. The van der Waals surface area contributed by atoms with Crippen molar-refractivity contribution in [2.75, 3.05) is 12.4 Å². The fraction of sp³-hybridized carbons (Fsp3) is 0.267. The van der Waals surface area contributed by atoms with E-state index in [1.54, 1.807) is 19.1 Å². The first-order valence-corrected chi connectivity index (χ1v) is 7.11. The van der Waals surface area contributed by atoms with Gasteiger partial charge >= 0.3 is 5.97 Å². The van der Waals surface area contributed by atoms with E-state index in [9.17, 15) is 19.7 Å². The van der Waals surface area contributed by atoms with Crippen LogP contribution in [-0.2, 0) is 14.3 Å². The Kier molecular flexibility index (Phi) is 3.76. The van der Waals surface area contributed by atoms with Crippen LogP contribution in [0.4, 0.5) is 11.5 Å². The number of fused-ring (bicyclic) bond motifs is 1. The van der Waals surface area contributed by atoms with Crippen molar-refractivity contribution in [3.05, 3.63) is 51.7 Å². The molecule has 1 N–H and O–H groups in total. The molecular weight excluding hydrogens is 316 g/mol. The van der Waals surface area contributed by atoms with Crippen LogP contribution in [0.25, 0.3) is 0 Å². The van der Waals surface area contributed by atoms with Crippen LogP contribution in [0, 0.1) is 23.0 Å². The van der Waals surface area contributed by atoms with Crippen LogP contribution >= 0.6 is 0 Å². The first-order valence-electron chi connectivity index (χ1n) is 7.11. The van der Waals surface area contributed by atoms with Crippen LogP contribution in [0.2, 0.25) is 0 Å². The molecule has 1 aromatic heterocycles. The summed E-state index contributed by atoms with van der Waals surface area (Å²) in [6.45, 7) is 1.75. The molecule has 3 rings (SSSR count). The molecule has 2 atom stereocenters. The highest BCUT2D eigenvalue weighted by molar-refractivity contribution is 6.06. The average Bonchev–Trinajstić information content (AvgIpc) is 2.92. The van der Waals surface area contributed by atoms with E-state index in [-0.39, 0.29) is 5.69 Å². The highest BCUT2D eigenvalue weighted by atomic mass is 16.6. The van der Waals surface area contributed by atoms with E-state index in [0.29, 0.717) is 17.1 Å². The van der Waals surface area contributed by atoms with Crippen molar-refractivity contribution in [2.24, 2.45) is 5.92 Å². The number of methoxy groups -OCH3 is 1. The molecule has 124 valence electrons. The largest absolute Gasteiger partial charge is 0.468 e. The number of nitro groups is 1. The Morgan fingerprint density at radius 3 is 2.83 bits per heavy atom. The second-order valence-electron chi connectivity index (χ2n) is 5.40. The summed E-state index contributed by atoms with van der Waals surface area (Å²) in [5.74, 6) is -2.04. The van der Waals surface area contributed by atoms with E-state index in [1.165, 1.54) is 30.0 Å². The third kappa shape index (κ3) is 2.49. The molecule has 1 aromatic carbocycles. The number of non-ortho nitro benzene ring substituents is 1. The van der Waals surface area contributed by atoms with E-state index in [2.05, 4.69) is 10.4 Å². The van der Waals surface area contributed by atoms with Crippen LogP contribution in [-0.4, -0.2) is 33.7 Å². The molecule has 0 saturated heterocycles. The van der Waals surface area contributed by atoms with Crippen LogP contribution < -0.4 is 5.32 Å². The quantitative estimate of drug-likeness (QED) is 0.394. The van der Waals surface area contributed by atoms with E-state index >= 15 is 0 Å². The van der Waals surface area contributed by atoms with Gasteiger partial charge in [-0.05, 0) is 12.5 Å². The number of ether oxygens (including phenoxy) is 1. The smallest absolute Gasteiger partial charge is 0.320 e. The Balaban J connectivity index is 2.19. The Labute approximate surface area is 136 Å². The lowest BCUT2D eigenvalue weighted by atomic mass is 9.90. The van der Waals surface area contributed by atoms with E-state index in [1.807, 2.05) is 0 Å². The van der Waals surface area contributed by atoms with Gasteiger partial charge in [0.05, 0.1) is 17.7 Å². The van der Waals surface area contributed by atoms with Gasteiger partial charge in [-0.1, -0.05) is 12.1 Å². The molecule has 0 bridgehead atoms. The first kappa shape index (κ1) is 15.7. The number of esters is 1. The molecular formula is C15H14N4O5. The highest BCUT2D eigenvalue weighted by Crippen LogP contribution is 2.36. The Morgan fingerprint density at radius 1 is 1.42 bits per heavy atom. The molecule has 1 amide bonds. The number of nitrogens with one attached hydrogen (secondary N) is 1. The maximum absolute atomic E-state index is 12.4. The molecule has 0 spiro atoms. The number of aryl methyl sites for hydroxylation is 1. The molecule has 0 fully saturated rings. The van der Waals surface area contributed by atoms with Crippen molar-refractivity contribution >= 4 is 23.4 Å². The zero-order chi connectivity index (χ0) is 17.4. The summed E-state index contributed by atoms with van der Waals surface area (Å²) in [5, 5.41) is 18.0. The van der Waals surface area contributed by atoms with E-state index in [4.69, 9.17) is 4.74 Å². The van der Waals surface area contributed by atoms with E-state index in [0.717, 1.165) is 0 Å². The summed E-state index contributed by atoms with van der Waals surface area (Å²) >= 11 is 0. The Morgan fingerprint density at radius 2 is 2.17 bits per heavy atom. The molecule has 9 nitrogen and oxygen atoms in total. The van der Waals surface area contributed by atoms with Gasteiger partial charge in [0.25, 0.3) is 5.69 Å². The number of benzene rings is 1. The lowest BCUT2D eigenvalue weighted by Gasteiger charge is -2.30. The van der Waals surface area contributed by atoms with Crippen molar-refractivity contribution in [1.29, 1.82) is 0 Å². The second kappa shape index (κ2) is 5.76. The number of carbonyl (C=O) groups excluding carboxylic acids is 2. The van der Waals surface area contributed by atoms with Crippen molar-refractivity contribution in [2.45, 2.75) is 13.0 Å². The van der Waals surface area contributed by atoms with Crippen LogP contribution in [0.5, 0.6) is 0 Å². The van der Waals surface area contributed by atoms with Crippen LogP contribution in [0.1, 0.15) is 17.3 Å². The normalized spacial score (nSPS) is 19.3. The maximum Gasteiger partial charge on any atom is 0.320 e. The zero-order valence-electron chi connectivity index (χ0n) is 12.9. The molecule has 2 heterocycles. The zero-order valence-corrected chi connectivity index (χ0v) is 12.9. The van der Waals surface area contributed by atoms with Crippen molar-refractivity contribution in [1.82, 2.24) is 9.78 Å². The minimum atomic E-state index is -1.19. The monoisotopic (exact) mass is 330 g/mol. The number of anilines is 1. The number of hydrogen-bond acceptors (Lipinski definition) is 6. The van der Waals surface area contributed by atoms with Gasteiger partial charge in [0, 0.05) is 18.2 Å². The molecule has 1 aliphatic rings. The fourth-order valence-corrected chi connectivity index (χ4v) is 2.83. The van der Waals surface area contributed by atoms with Crippen LogP contribution in [0.15, 0.2) is 30.3 Å². The summed E-state index contributed by atoms with van der Waals surface area (Å²) in [7, 11) is 1.18. The maximum atomic E-state index is 12.4. The van der Waals surface area contributed by atoms with Gasteiger partial charge < -0.3 is 10.1 Å². The van der Waals surface area contributed by atoms with Gasteiger partial charge in [-0.25, -0.2) is 4.68 Å². The molecule has 9 heteroatoms. The van der Waals surface area contributed by atoms with Gasteiger partial charge in [0.15, 0.2) is 5.92 Å². The molecule has 1 aliphatic heterocycles. The summed E-state index contributed by atoms with van der Waals surface area (Å²) in [6, 6.07) is 6.64. The summed E-state index contributed by atoms with van der Waals surface area (Å²) in [4.78, 5) is 35.0. The predicted octanol–water partition coefficient (Wildman–Crippen LogP) is 1.43. The number of carbonyl (C=O) groups is 2. The number of amides is 1. The minimum absolute atomic E-state index is 0.132. The highest BCUT2D eigenvalue weighted by Gasteiger charge is 2.43. The predicted molar refractivity (Wildman–Crippen MR) is 82.3 cm³/mol. The van der Waals surface area contributed by atoms with Gasteiger partial charge in [0.2, 0.25) is 5.91 Å². The SMILES string of the molecule is COC(=O)C1C(=O)Nc2cc(C)nn2C1c1cccc([N+](=O)[O-])c1. The van der Waals surface area contributed by atoms with Crippen molar-refractivity contribution in [3.63, 3.8) is 0 Å². The molecule has 2 unspecified atom stereocenters. The van der Waals surface area contributed by atoms with Crippen molar-refractivity contribution in [3.8, 4) is 0 Å². The number of nitro benzene ring substituents is 1. The number of aromatic nitrogens is 2. The lowest BCUT2D eigenvalue weighted by Crippen LogP contribution is -2.43. The summed E-state index contributed by atoms with van der Waals surface area (Å²) in [5.41, 5.74) is 0.942. The van der Waals surface area contributed by atoms with Gasteiger partial charge in [0.1, 0.15) is 11.9 Å². The standard InChI is InChI=1S/C15H14N4O5/c1-8-6-11-16-14(20)12(15(21)24-2)13(18(11)17-8)9-4-3-5-10(7-9)19(22)23/h3-7,12-13H,1-2H3,(H,16,20). The van der Waals surface area contributed by atoms with Gasteiger partial charge in [-0.2, -0.15) is 5.10 Å². The summed E-state index contributed by atoms with van der Waals surface area (Å²) in [6.07, 6.45) is 0. The number of rotatable bonds is 3. The molecule has 0 radical (unpaired) electrons. The molecule has 24 heavy (non-hydrogen) atoms. The topological polar surface area (TPSA) is 116 Å². The van der Waals surface area contributed by atoms with Crippen LogP contribution in [0.3, 0.4) is 0 Å². The molecule has 0 aliphatic carbocycles. The third-order valence-electron chi connectivity index (χ3n) is 3.85. The average molecular weight is 330 g/mol.